The van der Waals surface area contributed by atoms with Gasteiger partial charge in [0.15, 0.2) is 0 Å². The third kappa shape index (κ3) is 4.78. The third-order valence-corrected chi connectivity index (χ3v) is 3.13. The highest BCUT2D eigenvalue weighted by molar-refractivity contribution is 4.81. The molecular weight excluding hydrogens is 206 g/mol. The summed E-state index contributed by atoms with van der Waals surface area (Å²) in [4.78, 5) is 0. The summed E-state index contributed by atoms with van der Waals surface area (Å²) < 4.78 is 10.9. The van der Waals surface area contributed by atoms with Crippen LogP contribution in [0.5, 0.6) is 0 Å². The number of likely N-dealkylation sites (N-methyl/N-ethyl adjacent to an activating group) is 1. The molecule has 2 N–H and O–H groups in total. The Hall–Kier alpha value is -0.160. The van der Waals surface area contributed by atoms with Crippen molar-refractivity contribution in [1.82, 2.24) is 5.32 Å². The number of nitrogens with one attached hydrogen (secondary N) is 1. The molecule has 0 aromatic heterocycles. The van der Waals surface area contributed by atoms with Gasteiger partial charge in [0.25, 0.3) is 0 Å². The maximum atomic E-state index is 9.29. The van der Waals surface area contributed by atoms with Gasteiger partial charge in [0.05, 0.1) is 19.8 Å². The molecule has 4 nitrogen and oxygen atoms in total. The van der Waals surface area contributed by atoms with E-state index in [1.807, 2.05) is 13.8 Å². The van der Waals surface area contributed by atoms with Crippen LogP contribution in [0.15, 0.2) is 0 Å². The van der Waals surface area contributed by atoms with E-state index in [9.17, 15) is 5.11 Å². The van der Waals surface area contributed by atoms with Crippen molar-refractivity contribution in [3.63, 3.8) is 0 Å². The monoisotopic (exact) mass is 231 g/mol. The van der Waals surface area contributed by atoms with Gasteiger partial charge in [-0.05, 0) is 26.3 Å². The summed E-state index contributed by atoms with van der Waals surface area (Å²) in [5, 5.41) is 12.6. The van der Waals surface area contributed by atoms with Gasteiger partial charge in [0, 0.05) is 24.7 Å². The molecule has 2 atom stereocenters. The molecule has 1 heterocycles. The number of rotatable bonds is 8. The molecule has 0 spiro atoms. The second-order valence-electron chi connectivity index (χ2n) is 4.80. The zero-order chi connectivity index (χ0) is 11.9. The van der Waals surface area contributed by atoms with Crippen molar-refractivity contribution in [1.29, 1.82) is 0 Å². The molecule has 1 saturated heterocycles. The summed E-state index contributed by atoms with van der Waals surface area (Å²) in [5.74, 6) is 0.569. The molecule has 1 rings (SSSR count). The molecule has 1 fully saturated rings. The molecule has 0 aliphatic carbocycles. The van der Waals surface area contributed by atoms with Gasteiger partial charge in [-0.3, -0.25) is 0 Å². The predicted molar refractivity (Wildman–Crippen MR) is 63.5 cm³/mol. The molecule has 0 aromatic rings. The molecule has 2 unspecified atom stereocenters. The zero-order valence-corrected chi connectivity index (χ0v) is 10.5. The van der Waals surface area contributed by atoms with E-state index in [4.69, 9.17) is 9.47 Å². The van der Waals surface area contributed by atoms with Gasteiger partial charge in [-0.15, -0.1) is 0 Å². The van der Waals surface area contributed by atoms with E-state index >= 15 is 0 Å². The zero-order valence-electron chi connectivity index (χ0n) is 10.5. The minimum absolute atomic E-state index is 0.150. The van der Waals surface area contributed by atoms with Crippen LogP contribution in [0.4, 0.5) is 0 Å². The highest BCUT2D eigenvalue weighted by atomic mass is 16.5. The highest BCUT2D eigenvalue weighted by Gasteiger charge is 2.22. The predicted octanol–water partition coefficient (Wildman–Crippen LogP) is 0.790. The Balaban J connectivity index is 2.08. The Bertz CT molecular complexity index is 183. The molecule has 0 amide bonds. The van der Waals surface area contributed by atoms with E-state index in [1.165, 1.54) is 0 Å². The van der Waals surface area contributed by atoms with Crippen molar-refractivity contribution < 1.29 is 14.6 Å². The van der Waals surface area contributed by atoms with E-state index in [-0.39, 0.29) is 12.1 Å². The number of aliphatic hydroxyl groups excluding tert-OH is 1. The Morgan fingerprint density at radius 1 is 1.56 bits per heavy atom. The first kappa shape index (κ1) is 13.9. The summed E-state index contributed by atoms with van der Waals surface area (Å²) in [6.07, 6.45) is 1.95. The molecule has 0 aromatic carbocycles. The van der Waals surface area contributed by atoms with Crippen molar-refractivity contribution in [2.45, 2.75) is 32.2 Å². The molecule has 4 heteroatoms. The van der Waals surface area contributed by atoms with Gasteiger partial charge >= 0.3 is 0 Å². The van der Waals surface area contributed by atoms with Crippen LogP contribution in [-0.2, 0) is 9.47 Å². The summed E-state index contributed by atoms with van der Waals surface area (Å²) >= 11 is 0. The Kier molecular flexibility index (Phi) is 6.28. The number of ether oxygens (including phenoxy) is 2. The minimum Gasteiger partial charge on any atom is -0.394 e. The first-order valence-corrected chi connectivity index (χ1v) is 6.21. The lowest BCUT2D eigenvalue weighted by molar-refractivity contribution is 0.0627. The van der Waals surface area contributed by atoms with Crippen LogP contribution >= 0.6 is 0 Å². The van der Waals surface area contributed by atoms with Crippen molar-refractivity contribution in [2.75, 3.05) is 39.6 Å². The van der Waals surface area contributed by atoms with Gasteiger partial charge in [-0.2, -0.15) is 0 Å². The van der Waals surface area contributed by atoms with E-state index in [0.717, 1.165) is 39.2 Å². The van der Waals surface area contributed by atoms with Gasteiger partial charge < -0.3 is 19.9 Å². The fourth-order valence-electron chi connectivity index (χ4n) is 1.91. The van der Waals surface area contributed by atoms with E-state index in [2.05, 4.69) is 5.32 Å². The standard InChI is InChI=1S/C12H25NO3/c1-3-13-12(2,10-14)5-7-16-9-11-4-6-15-8-11/h11,13-14H,3-10H2,1-2H3. The molecule has 1 aliphatic rings. The summed E-state index contributed by atoms with van der Waals surface area (Å²) in [5.41, 5.74) is -0.207. The second kappa shape index (κ2) is 7.22. The molecule has 1 aliphatic heterocycles. The Morgan fingerprint density at radius 2 is 2.38 bits per heavy atom. The van der Waals surface area contributed by atoms with Crippen LogP contribution in [0.3, 0.4) is 0 Å². The first-order valence-electron chi connectivity index (χ1n) is 6.21. The highest BCUT2D eigenvalue weighted by Crippen LogP contribution is 2.13. The van der Waals surface area contributed by atoms with Crippen LogP contribution < -0.4 is 5.32 Å². The average molecular weight is 231 g/mol. The largest absolute Gasteiger partial charge is 0.394 e. The number of hydrogen-bond acceptors (Lipinski definition) is 4. The Labute approximate surface area is 98.3 Å². The fourth-order valence-corrected chi connectivity index (χ4v) is 1.91. The lowest BCUT2D eigenvalue weighted by Crippen LogP contribution is -2.46. The van der Waals surface area contributed by atoms with E-state index in [1.54, 1.807) is 0 Å². The van der Waals surface area contributed by atoms with Gasteiger partial charge in [0.2, 0.25) is 0 Å². The molecule has 16 heavy (non-hydrogen) atoms. The average Bonchev–Trinajstić information content (AvgIpc) is 2.78. The maximum absolute atomic E-state index is 9.29. The topological polar surface area (TPSA) is 50.7 Å². The minimum atomic E-state index is -0.207. The van der Waals surface area contributed by atoms with Crippen LogP contribution in [-0.4, -0.2) is 50.2 Å². The van der Waals surface area contributed by atoms with Crippen molar-refractivity contribution in [3.8, 4) is 0 Å². The normalized spacial score (nSPS) is 24.6. The van der Waals surface area contributed by atoms with Crippen LogP contribution in [0, 0.1) is 5.92 Å². The molecule has 0 bridgehead atoms. The summed E-state index contributed by atoms with van der Waals surface area (Å²) in [6.45, 7) is 8.28. The quantitative estimate of drug-likeness (QED) is 0.606. The second-order valence-corrected chi connectivity index (χ2v) is 4.80. The van der Waals surface area contributed by atoms with Crippen molar-refractivity contribution in [3.05, 3.63) is 0 Å². The lowest BCUT2D eigenvalue weighted by Gasteiger charge is -2.28. The van der Waals surface area contributed by atoms with Gasteiger partial charge in [0.1, 0.15) is 0 Å². The van der Waals surface area contributed by atoms with Crippen LogP contribution in [0.2, 0.25) is 0 Å². The van der Waals surface area contributed by atoms with E-state index < -0.39 is 0 Å². The summed E-state index contributed by atoms with van der Waals surface area (Å²) in [6, 6.07) is 0. The molecule has 0 saturated carbocycles. The van der Waals surface area contributed by atoms with E-state index in [0.29, 0.717) is 12.5 Å². The number of aliphatic hydroxyl groups is 1. The van der Waals surface area contributed by atoms with Gasteiger partial charge in [-0.1, -0.05) is 6.92 Å². The molecule has 96 valence electrons. The van der Waals surface area contributed by atoms with Gasteiger partial charge in [-0.25, -0.2) is 0 Å². The molecule has 0 radical (unpaired) electrons. The maximum Gasteiger partial charge on any atom is 0.0611 e. The third-order valence-electron chi connectivity index (χ3n) is 3.13. The summed E-state index contributed by atoms with van der Waals surface area (Å²) in [7, 11) is 0. The van der Waals surface area contributed by atoms with Crippen LogP contribution in [0.1, 0.15) is 26.7 Å². The first-order chi connectivity index (χ1) is 7.70. The van der Waals surface area contributed by atoms with Crippen molar-refractivity contribution in [2.24, 2.45) is 5.92 Å². The van der Waals surface area contributed by atoms with Crippen LogP contribution in [0.25, 0.3) is 0 Å². The fraction of sp³-hybridized carbons (Fsp3) is 1.00. The Morgan fingerprint density at radius 3 is 2.94 bits per heavy atom. The molecular formula is C12H25NO3. The SMILES string of the molecule is CCNC(C)(CO)CCOCC1CCOC1. The van der Waals surface area contributed by atoms with Crippen molar-refractivity contribution >= 4 is 0 Å². The number of hydrogen-bond donors (Lipinski definition) is 2. The smallest absolute Gasteiger partial charge is 0.0611 e. The lowest BCUT2D eigenvalue weighted by atomic mass is 10.00.